The van der Waals surface area contributed by atoms with Crippen LogP contribution in [0.2, 0.25) is 0 Å². The van der Waals surface area contributed by atoms with Crippen molar-refractivity contribution in [1.29, 1.82) is 0 Å². The minimum absolute atomic E-state index is 0.147. The Kier molecular flexibility index (Phi) is 8.45. The van der Waals surface area contributed by atoms with Crippen LogP contribution in [0.1, 0.15) is 11.1 Å². The average molecular weight is 555 g/mol. The van der Waals surface area contributed by atoms with Gasteiger partial charge in [-0.1, -0.05) is 41.7 Å². The summed E-state index contributed by atoms with van der Waals surface area (Å²) in [5.74, 6) is -0.521. The summed E-state index contributed by atoms with van der Waals surface area (Å²) in [7, 11) is 3.88. The van der Waals surface area contributed by atoms with Crippen LogP contribution in [0.5, 0.6) is 0 Å². The number of urea groups is 1. The Bertz CT molecular complexity index is 1410. The third kappa shape index (κ3) is 7.54. The molecule has 0 aliphatic heterocycles. The van der Waals surface area contributed by atoms with Crippen LogP contribution in [0.25, 0.3) is 10.6 Å². The van der Waals surface area contributed by atoms with Gasteiger partial charge in [0.25, 0.3) is 0 Å². The summed E-state index contributed by atoms with van der Waals surface area (Å²) in [5, 5.41) is 16.9. The highest BCUT2D eigenvalue weighted by atomic mass is 32.1. The van der Waals surface area contributed by atoms with E-state index >= 15 is 0 Å². The van der Waals surface area contributed by atoms with Crippen molar-refractivity contribution in [2.24, 2.45) is 0 Å². The van der Waals surface area contributed by atoms with Gasteiger partial charge in [0.15, 0.2) is 0 Å². The molecule has 4 aromatic rings. The monoisotopic (exact) mass is 554 g/mol. The molecule has 0 saturated heterocycles. The van der Waals surface area contributed by atoms with Gasteiger partial charge in [-0.25, -0.2) is 4.79 Å². The number of aromatic nitrogens is 2. The number of alkyl halides is 3. The van der Waals surface area contributed by atoms with Crippen LogP contribution in [0.3, 0.4) is 0 Å². The van der Waals surface area contributed by atoms with E-state index in [9.17, 15) is 22.8 Å². The highest BCUT2D eigenvalue weighted by Gasteiger charge is 2.30. The summed E-state index contributed by atoms with van der Waals surface area (Å²) in [4.78, 5) is 27.8. The Balaban J connectivity index is 1.45. The smallest absolute Gasteiger partial charge is 0.378 e. The molecule has 3 N–H and O–H groups in total. The average Bonchev–Trinajstić information content (AvgIpc) is 3.37. The fourth-order valence-corrected chi connectivity index (χ4v) is 4.36. The molecule has 1 heterocycles. The molecule has 3 aromatic carbocycles. The number of nitrogens with zero attached hydrogens (tertiary/aromatic N) is 3. The summed E-state index contributed by atoms with van der Waals surface area (Å²) in [6, 6.07) is 19.1. The minimum Gasteiger partial charge on any atom is -0.378 e. The number of carbonyl (C=O) groups excluding carboxylic acids is 2. The predicted octanol–water partition coefficient (Wildman–Crippen LogP) is 5.66. The second kappa shape index (κ2) is 11.9. The zero-order valence-corrected chi connectivity index (χ0v) is 21.8. The van der Waals surface area contributed by atoms with Crippen molar-refractivity contribution in [1.82, 2.24) is 15.5 Å². The SMILES string of the molecule is CN(C)c1ccc(-c2nnc(NC(=O)C(Cc3ccccc3)NC(=O)Nc3ccc(C(F)(F)F)cc3)s2)cc1. The van der Waals surface area contributed by atoms with E-state index in [4.69, 9.17) is 0 Å². The van der Waals surface area contributed by atoms with Gasteiger partial charge in [-0.3, -0.25) is 10.1 Å². The maximum atomic E-state index is 13.2. The van der Waals surface area contributed by atoms with Crippen molar-refractivity contribution >= 4 is 39.8 Å². The van der Waals surface area contributed by atoms with Gasteiger partial charge in [0.05, 0.1) is 5.56 Å². The summed E-state index contributed by atoms with van der Waals surface area (Å²) < 4.78 is 38.5. The number of hydrogen-bond donors (Lipinski definition) is 3. The Morgan fingerprint density at radius 2 is 1.56 bits per heavy atom. The number of nitrogens with one attached hydrogen (secondary N) is 3. The molecule has 0 saturated carbocycles. The maximum absolute atomic E-state index is 13.2. The first kappa shape index (κ1) is 27.6. The van der Waals surface area contributed by atoms with Crippen LogP contribution < -0.4 is 20.9 Å². The highest BCUT2D eigenvalue weighted by Crippen LogP contribution is 2.30. The second-order valence-corrected chi connectivity index (χ2v) is 9.74. The van der Waals surface area contributed by atoms with E-state index in [1.54, 1.807) is 0 Å². The molecule has 12 heteroatoms. The standard InChI is InChI=1S/C27H25F3N6O2S/c1-36(2)21-14-8-18(9-15-21)24-34-35-26(39-24)33-23(37)22(16-17-6-4-3-5-7-17)32-25(38)31-20-12-10-19(11-13-20)27(28,29)30/h3-15,22H,16H2,1-2H3,(H2,31,32,38)(H,33,35,37). The molecule has 0 aliphatic rings. The number of rotatable bonds is 8. The highest BCUT2D eigenvalue weighted by molar-refractivity contribution is 7.18. The summed E-state index contributed by atoms with van der Waals surface area (Å²) in [6.45, 7) is 0. The van der Waals surface area contributed by atoms with Crippen molar-refractivity contribution in [2.45, 2.75) is 18.6 Å². The van der Waals surface area contributed by atoms with Gasteiger partial charge in [-0.15, -0.1) is 10.2 Å². The molecule has 0 fully saturated rings. The molecule has 0 aliphatic carbocycles. The molecule has 0 bridgehead atoms. The number of anilines is 3. The normalized spacial score (nSPS) is 11.9. The quantitative estimate of drug-likeness (QED) is 0.261. The van der Waals surface area contributed by atoms with E-state index in [1.807, 2.05) is 73.6 Å². The number of benzene rings is 3. The molecule has 1 unspecified atom stereocenters. The molecule has 1 atom stereocenters. The van der Waals surface area contributed by atoms with Crippen LogP contribution in [-0.4, -0.2) is 42.3 Å². The molecular weight excluding hydrogens is 529 g/mol. The minimum atomic E-state index is -4.49. The lowest BCUT2D eigenvalue weighted by Gasteiger charge is -2.18. The number of carbonyl (C=O) groups is 2. The number of halogens is 3. The van der Waals surface area contributed by atoms with Crippen LogP contribution >= 0.6 is 11.3 Å². The fraction of sp³-hybridized carbons (Fsp3) is 0.185. The first-order chi connectivity index (χ1) is 18.6. The van der Waals surface area contributed by atoms with E-state index in [0.717, 1.165) is 41.1 Å². The van der Waals surface area contributed by atoms with E-state index in [-0.39, 0.29) is 17.2 Å². The molecule has 0 radical (unpaired) electrons. The van der Waals surface area contributed by atoms with Gasteiger partial charge in [-0.05, 0) is 54.1 Å². The molecule has 0 spiro atoms. The Labute approximate surface area is 226 Å². The lowest BCUT2D eigenvalue weighted by atomic mass is 10.1. The lowest BCUT2D eigenvalue weighted by Crippen LogP contribution is -2.46. The first-order valence-electron chi connectivity index (χ1n) is 11.8. The Hall–Kier alpha value is -4.45. The summed E-state index contributed by atoms with van der Waals surface area (Å²) in [6.07, 6.45) is -4.31. The molecule has 3 amide bonds. The van der Waals surface area contributed by atoms with E-state index in [0.29, 0.717) is 5.01 Å². The molecule has 39 heavy (non-hydrogen) atoms. The largest absolute Gasteiger partial charge is 0.416 e. The zero-order chi connectivity index (χ0) is 28.0. The Morgan fingerprint density at radius 3 is 2.18 bits per heavy atom. The van der Waals surface area contributed by atoms with Crippen molar-refractivity contribution in [3.8, 4) is 10.6 Å². The van der Waals surface area contributed by atoms with Crippen molar-refractivity contribution in [3.05, 3.63) is 90.0 Å². The molecule has 202 valence electrons. The third-order valence-corrected chi connectivity index (χ3v) is 6.55. The van der Waals surface area contributed by atoms with Gasteiger partial charge in [0, 0.05) is 37.5 Å². The predicted molar refractivity (Wildman–Crippen MR) is 146 cm³/mol. The van der Waals surface area contributed by atoms with Crippen LogP contribution in [0.4, 0.5) is 34.5 Å². The Morgan fingerprint density at radius 1 is 0.897 bits per heavy atom. The summed E-state index contributed by atoms with van der Waals surface area (Å²) in [5.41, 5.74) is 1.98. The van der Waals surface area contributed by atoms with Crippen molar-refractivity contribution < 1.29 is 22.8 Å². The van der Waals surface area contributed by atoms with Crippen molar-refractivity contribution in [2.75, 3.05) is 29.6 Å². The number of amides is 3. The first-order valence-corrected chi connectivity index (χ1v) is 12.6. The fourth-order valence-electron chi connectivity index (χ4n) is 3.61. The van der Waals surface area contributed by atoms with Gasteiger partial charge in [0.2, 0.25) is 11.0 Å². The van der Waals surface area contributed by atoms with E-state index < -0.39 is 29.7 Å². The van der Waals surface area contributed by atoms with Gasteiger partial charge in [-0.2, -0.15) is 13.2 Å². The molecule has 4 rings (SSSR count). The van der Waals surface area contributed by atoms with E-state index in [1.165, 1.54) is 11.3 Å². The van der Waals surface area contributed by atoms with Gasteiger partial charge < -0.3 is 15.5 Å². The third-order valence-electron chi connectivity index (χ3n) is 5.66. The van der Waals surface area contributed by atoms with Crippen molar-refractivity contribution in [3.63, 3.8) is 0 Å². The van der Waals surface area contributed by atoms with Crippen LogP contribution in [0.15, 0.2) is 78.9 Å². The van der Waals surface area contributed by atoms with E-state index in [2.05, 4.69) is 26.1 Å². The van der Waals surface area contributed by atoms with Crippen LogP contribution in [-0.2, 0) is 17.4 Å². The lowest BCUT2D eigenvalue weighted by molar-refractivity contribution is -0.137. The zero-order valence-electron chi connectivity index (χ0n) is 21.0. The second-order valence-electron chi connectivity index (χ2n) is 8.76. The summed E-state index contributed by atoms with van der Waals surface area (Å²) >= 11 is 1.19. The topological polar surface area (TPSA) is 99.2 Å². The molecule has 1 aromatic heterocycles. The van der Waals surface area contributed by atoms with Gasteiger partial charge >= 0.3 is 12.2 Å². The number of hydrogen-bond acceptors (Lipinski definition) is 6. The molecular formula is C27H25F3N6O2S. The maximum Gasteiger partial charge on any atom is 0.416 e. The van der Waals surface area contributed by atoms with Crippen LogP contribution in [0, 0.1) is 0 Å². The molecule has 8 nitrogen and oxygen atoms in total. The van der Waals surface area contributed by atoms with Gasteiger partial charge in [0.1, 0.15) is 11.0 Å².